The first-order chi connectivity index (χ1) is 8.47. The van der Waals surface area contributed by atoms with Crippen LogP contribution in [0.25, 0.3) is 0 Å². The first-order valence-corrected chi connectivity index (χ1v) is 6.42. The largest absolute Gasteiger partial charge is 0.466 e. The van der Waals surface area contributed by atoms with Gasteiger partial charge >= 0.3 is 0 Å². The molecule has 0 saturated carbocycles. The van der Waals surface area contributed by atoms with Gasteiger partial charge in [0.05, 0.1) is 0 Å². The number of hydrogen-bond acceptors (Lipinski definition) is 2. The van der Waals surface area contributed by atoms with Crippen molar-refractivity contribution in [2.45, 2.75) is 33.2 Å². The molecule has 3 heteroatoms. The fourth-order valence-electron chi connectivity index (χ4n) is 2.18. The monoisotopic (exact) mass is 263 g/mol. The molecule has 2 aromatic rings. The molecule has 0 fully saturated rings. The molecular formula is C15H18ClNO. The Morgan fingerprint density at radius 3 is 2.50 bits per heavy atom. The van der Waals surface area contributed by atoms with Gasteiger partial charge in [0.15, 0.2) is 0 Å². The van der Waals surface area contributed by atoms with E-state index in [-0.39, 0.29) is 6.04 Å². The van der Waals surface area contributed by atoms with Crippen molar-refractivity contribution < 1.29 is 4.42 Å². The Kier molecular flexibility index (Phi) is 3.79. The number of rotatable bonds is 3. The number of halogens is 1. The van der Waals surface area contributed by atoms with Crippen LogP contribution < -0.4 is 5.73 Å². The molecule has 1 aromatic carbocycles. The maximum Gasteiger partial charge on any atom is 0.105 e. The highest BCUT2D eigenvalue weighted by atomic mass is 35.5. The average molecular weight is 264 g/mol. The summed E-state index contributed by atoms with van der Waals surface area (Å²) in [6.07, 6.45) is 0.721. The summed E-state index contributed by atoms with van der Waals surface area (Å²) in [6, 6.07) is 7.99. The minimum atomic E-state index is -0.0809. The van der Waals surface area contributed by atoms with Gasteiger partial charge in [0, 0.05) is 16.6 Å². The number of nitrogens with two attached hydrogens (primary N) is 1. The highest BCUT2D eigenvalue weighted by molar-refractivity contribution is 6.31. The topological polar surface area (TPSA) is 39.2 Å². The Balaban J connectivity index is 2.21. The minimum Gasteiger partial charge on any atom is -0.466 e. The van der Waals surface area contributed by atoms with Crippen LogP contribution >= 0.6 is 11.6 Å². The van der Waals surface area contributed by atoms with Crippen LogP contribution in [0.2, 0.25) is 5.02 Å². The molecule has 1 unspecified atom stereocenters. The van der Waals surface area contributed by atoms with Crippen LogP contribution in [0.15, 0.2) is 28.7 Å². The van der Waals surface area contributed by atoms with E-state index in [1.165, 1.54) is 0 Å². The second-order valence-corrected chi connectivity index (χ2v) is 5.18. The third kappa shape index (κ3) is 2.77. The van der Waals surface area contributed by atoms with E-state index in [0.717, 1.165) is 39.7 Å². The van der Waals surface area contributed by atoms with Gasteiger partial charge in [-0.3, -0.25) is 0 Å². The summed E-state index contributed by atoms with van der Waals surface area (Å²) in [6.45, 7) is 5.90. The van der Waals surface area contributed by atoms with E-state index in [4.69, 9.17) is 21.8 Å². The molecule has 1 heterocycles. The maximum absolute atomic E-state index is 6.23. The zero-order valence-electron chi connectivity index (χ0n) is 11.0. The minimum absolute atomic E-state index is 0.0809. The summed E-state index contributed by atoms with van der Waals surface area (Å²) in [5.41, 5.74) is 9.53. The van der Waals surface area contributed by atoms with Gasteiger partial charge in [0.25, 0.3) is 0 Å². The fourth-order valence-corrected chi connectivity index (χ4v) is 2.50. The van der Waals surface area contributed by atoms with E-state index in [1.54, 1.807) is 0 Å². The van der Waals surface area contributed by atoms with Gasteiger partial charge in [0.1, 0.15) is 11.5 Å². The van der Waals surface area contributed by atoms with Crippen LogP contribution in [-0.4, -0.2) is 0 Å². The van der Waals surface area contributed by atoms with Crippen molar-refractivity contribution in [2.75, 3.05) is 0 Å². The Hall–Kier alpha value is -1.25. The summed E-state index contributed by atoms with van der Waals surface area (Å²) in [5, 5.41) is 0.781. The Morgan fingerprint density at radius 2 is 1.94 bits per heavy atom. The molecule has 96 valence electrons. The summed E-state index contributed by atoms with van der Waals surface area (Å²) < 4.78 is 5.51. The third-order valence-corrected chi connectivity index (χ3v) is 3.48. The fraction of sp³-hybridized carbons (Fsp3) is 0.333. The van der Waals surface area contributed by atoms with Gasteiger partial charge in [0.2, 0.25) is 0 Å². The molecule has 0 spiro atoms. The van der Waals surface area contributed by atoms with Crippen molar-refractivity contribution in [3.05, 3.63) is 57.5 Å². The molecule has 0 amide bonds. The quantitative estimate of drug-likeness (QED) is 0.905. The van der Waals surface area contributed by atoms with Gasteiger partial charge in [-0.05, 0) is 50.5 Å². The highest BCUT2D eigenvalue weighted by Crippen LogP contribution is 2.26. The van der Waals surface area contributed by atoms with Crippen LogP contribution in [-0.2, 0) is 6.42 Å². The van der Waals surface area contributed by atoms with Crippen molar-refractivity contribution in [3.8, 4) is 0 Å². The smallest absolute Gasteiger partial charge is 0.105 e. The molecular weight excluding hydrogens is 246 g/mol. The molecule has 0 aliphatic carbocycles. The lowest BCUT2D eigenvalue weighted by Gasteiger charge is -2.12. The lowest BCUT2D eigenvalue weighted by molar-refractivity contribution is 0.497. The van der Waals surface area contributed by atoms with Gasteiger partial charge in [-0.15, -0.1) is 0 Å². The van der Waals surface area contributed by atoms with Gasteiger partial charge < -0.3 is 10.2 Å². The van der Waals surface area contributed by atoms with Crippen molar-refractivity contribution in [1.29, 1.82) is 0 Å². The molecule has 0 aliphatic heterocycles. The van der Waals surface area contributed by atoms with Crippen molar-refractivity contribution >= 4 is 11.6 Å². The van der Waals surface area contributed by atoms with Gasteiger partial charge in [-0.1, -0.05) is 23.7 Å². The van der Waals surface area contributed by atoms with E-state index in [9.17, 15) is 0 Å². The lowest BCUT2D eigenvalue weighted by Crippen LogP contribution is -2.13. The Labute approximate surface area is 113 Å². The molecule has 1 aromatic heterocycles. The van der Waals surface area contributed by atoms with Crippen LogP contribution in [0.4, 0.5) is 0 Å². The summed E-state index contributed by atoms with van der Waals surface area (Å²) in [5.74, 6) is 1.79. The molecule has 0 aliphatic rings. The summed E-state index contributed by atoms with van der Waals surface area (Å²) >= 11 is 6.23. The SMILES string of the molecule is Cc1ccc(CC(N)c2cc(C)oc2C)c(Cl)c1. The van der Waals surface area contributed by atoms with E-state index >= 15 is 0 Å². The van der Waals surface area contributed by atoms with E-state index in [1.807, 2.05) is 39.0 Å². The van der Waals surface area contributed by atoms with Gasteiger partial charge in [-0.2, -0.15) is 0 Å². The predicted molar refractivity (Wildman–Crippen MR) is 75.0 cm³/mol. The zero-order valence-corrected chi connectivity index (χ0v) is 11.7. The van der Waals surface area contributed by atoms with Crippen LogP contribution in [0.1, 0.15) is 34.3 Å². The molecule has 0 saturated heterocycles. The van der Waals surface area contributed by atoms with E-state index in [2.05, 4.69) is 6.07 Å². The van der Waals surface area contributed by atoms with Crippen molar-refractivity contribution in [1.82, 2.24) is 0 Å². The predicted octanol–water partition coefficient (Wildman–Crippen LogP) is 4.10. The molecule has 18 heavy (non-hydrogen) atoms. The van der Waals surface area contributed by atoms with Crippen molar-refractivity contribution in [3.63, 3.8) is 0 Å². The van der Waals surface area contributed by atoms with Gasteiger partial charge in [-0.25, -0.2) is 0 Å². The average Bonchev–Trinajstić information content (AvgIpc) is 2.62. The first kappa shape index (κ1) is 13.2. The first-order valence-electron chi connectivity index (χ1n) is 6.05. The Morgan fingerprint density at radius 1 is 1.22 bits per heavy atom. The third-order valence-electron chi connectivity index (χ3n) is 3.13. The molecule has 0 radical (unpaired) electrons. The van der Waals surface area contributed by atoms with Crippen molar-refractivity contribution in [2.24, 2.45) is 5.73 Å². The summed E-state index contributed by atoms with van der Waals surface area (Å²) in [7, 11) is 0. The number of aryl methyl sites for hydroxylation is 3. The number of furan rings is 1. The summed E-state index contributed by atoms with van der Waals surface area (Å²) in [4.78, 5) is 0. The van der Waals surface area contributed by atoms with E-state index in [0.29, 0.717) is 0 Å². The maximum atomic E-state index is 6.23. The molecule has 2 N–H and O–H groups in total. The normalized spacial score (nSPS) is 12.7. The Bertz CT molecular complexity index is 560. The second kappa shape index (κ2) is 5.17. The van der Waals surface area contributed by atoms with Crippen LogP contribution in [0.5, 0.6) is 0 Å². The van der Waals surface area contributed by atoms with Crippen LogP contribution in [0, 0.1) is 20.8 Å². The highest BCUT2D eigenvalue weighted by Gasteiger charge is 2.15. The standard InChI is InChI=1S/C15H18ClNO/c1-9-4-5-12(14(16)6-9)8-15(17)13-7-10(2)18-11(13)3/h4-7,15H,8,17H2,1-3H3. The zero-order chi connectivity index (χ0) is 13.3. The number of benzene rings is 1. The molecule has 1 atom stereocenters. The molecule has 2 rings (SSSR count). The molecule has 2 nitrogen and oxygen atoms in total. The second-order valence-electron chi connectivity index (χ2n) is 4.77. The number of hydrogen-bond donors (Lipinski definition) is 1. The molecule has 0 bridgehead atoms. The lowest BCUT2D eigenvalue weighted by atomic mass is 9.99. The van der Waals surface area contributed by atoms with Crippen LogP contribution in [0.3, 0.4) is 0 Å². The van der Waals surface area contributed by atoms with E-state index < -0.39 is 0 Å².